The van der Waals surface area contributed by atoms with Gasteiger partial charge in [0.1, 0.15) is 0 Å². The van der Waals surface area contributed by atoms with Gasteiger partial charge in [-0.1, -0.05) is 12.1 Å². The number of benzene rings is 4. The highest BCUT2D eigenvalue weighted by Gasteiger charge is 2.22. The van der Waals surface area contributed by atoms with Crippen LogP contribution in [0.4, 0.5) is 0 Å². The maximum atomic E-state index is 2.33. The maximum Gasteiger partial charge on any atom is -0.00154 e. The maximum absolute atomic E-state index is 2.33. The van der Waals surface area contributed by atoms with Crippen LogP contribution >= 0.6 is 0 Å². The fourth-order valence-electron chi connectivity index (χ4n) is 4.87. The molecule has 0 N–H and O–H groups in total. The Morgan fingerprint density at radius 3 is 1.42 bits per heavy atom. The molecule has 0 aliphatic rings. The molecule has 122 valence electrons. The summed E-state index contributed by atoms with van der Waals surface area (Å²) >= 11 is 0. The third kappa shape index (κ3) is 1.59. The molecule has 4 rings (SSSR count). The molecule has 0 fully saturated rings. The third-order valence-corrected chi connectivity index (χ3v) is 6.69. The first-order valence-electron chi connectivity index (χ1n) is 8.91. The van der Waals surface area contributed by atoms with Gasteiger partial charge in [-0.3, -0.25) is 0 Å². The molecule has 0 amide bonds. The Bertz CT molecular complexity index is 1130. The predicted molar refractivity (Wildman–Crippen MR) is 108 cm³/mol. The highest BCUT2D eigenvalue weighted by Crippen LogP contribution is 2.46. The van der Waals surface area contributed by atoms with E-state index in [-0.39, 0.29) is 0 Å². The fourth-order valence-corrected chi connectivity index (χ4v) is 4.87. The molecule has 0 atom stereocenters. The van der Waals surface area contributed by atoms with Crippen LogP contribution in [0.5, 0.6) is 0 Å². The van der Waals surface area contributed by atoms with E-state index >= 15 is 0 Å². The lowest BCUT2D eigenvalue weighted by atomic mass is 9.79. The zero-order valence-corrected chi connectivity index (χ0v) is 16.2. The van der Waals surface area contributed by atoms with E-state index in [1.165, 1.54) is 76.8 Å². The van der Waals surface area contributed by atoms with Crippen molar-refractivity contribution < 1.29 is 0 Å². The normalized spacial score (nSPS) is 12.2. The van der Waals surface area contributed by atoms with Crippen molar-refractivity contribution >= 4 is 32.3 Å². The minimum absolute atomic E-state index is 1.39. The van der Waals surface area contributed by atoms with Gasteiger partial charge in [0, 0.05) is 0 Å². The molecule has 0 spiro atoms. The molecule has 0 radical (unpaired) electrons. The van der Waals surface area contributed by atoms with Gasteiger partial charge >= 0.3 is 0 Å². The van der Waals surface area contributed by atoms with Gasteiger partial charge in [-0.25, -0.2) is 0 Å². The van der Waals surface area contributed by atoms with Crippen molar-refractivity contribution in [1.29, 1.82) is 0 Å². The van der Waals surface area contributed by atoms with Crippen molar-refractivity contribution in [3.63, 3.8) is 0 Å². The van der Waals surface area contributed by atoms with Gasteiger partial charge in [0.2, 0.25) is 0 Å². The van der Waals surface area contributed by atoms with Gasteiger partial charge in [-0.2, -0.15) is 0 Å². The van der Waals surface area contributed by atoms with E-state index in [1.807, 2.05) is 0 Å². The molecular formula is C24H26. The van der Waals surface area contributed by atoms with Crippen LogP contribution in [0.15, 0.2) is 12.1 Å². The van der Waals surface area contributed by atoms with Crippen LogP contribution in [0.1, 0.15) is 44.5 Å². The van der Waals surface area contributed by atoms with Crippen molar-refractivity contribution in [2.75, 3.05) is 0 Å². The quantitative estimate of drug-likeness (QED) is 0.305. The summed E-state index contributed by atoms with van der Waals surface area (Å²) < 4.78 is 0. The molecule has 4 aromatic rings. The van der Waals surface area contributed by atoms with Crippen molar-refractivity contribution in [1.82, 2.24) is 0 Å². The zero-order chi connectivity index (χ0) is 17.5. The average molecular weight is 314 g/mol. The first kappa shape index (κ1) is 15.4. The molecule has 0 nitrogen and oxygen atoms in total. The lowest BCUT2D eigenvalue weighted by Gasteiger charge is -2.25. The summed E-state index contributed by atoms with van der Waals surface area (Å²) in [6.45, 7) is 18.3. The van der Waals surface area contributed by atoms with Crippen LogP contribution in [0.25, 0.3) is 32.3 Å². The number of hydrogen-bond acceptors (Lipinski definition) is 0. The third-order valence-electron chi connectivity index (χ3n) is 6.69. The van der Waals surface area contributed by atoms with E-state index < -0.39 is 0 Å². The second kappa shape index (κ2) is 4.72. The summed E-state index contributed by atoms with van der Waals surface area (Å²) in [6.07, 6.45) is 0. The van der Waals surface area contributed by atoms with E-state index in [4.69, 9.17) is 0 Å². The fraction of sp³-hybridized carbons (Fsp3) is 0.333. The van der Waals surface area contributed by atoms with Crippen LogP contribution < -0.4 is 0 Å². The van der Waals surface area contributed by atoms with Crippen molar-refractivity contribution in [2.24, 2.45) is 0 Å². The molecule has 0 saturated carbocycles. The van der Waals surface area contributed by atoms with Crippen LogP contribution in [-0.4, -0.2) is 0 Å². The summed E-state index contributed by atoms with van der Waals surface area (Å²) in [5.41, 5.74) is 11.5. The van der Waals surface area contributed by atoms with Crippen molar-refractivity contribution in [3.05, 3.63) is 56.6 Å². The number of aryl methyl sites for hydroxylation is 7. The first-order chi connectivity index (χ1) is 11.3. The highest BCUT2D eigenvalue weighted by molar-refractivity contribution is 6.28. The Kier molecular flexibility index (Phi) is 3.04. The topological polar surface area (TPSA) is 0 Å². The second-order valence-corrected chi connectivity index (χ2v) is 7.68. The molecule has 0 unspecified atom stereocenters. The molecule has 0 saturated heterocycles. The molecule has 0 aromatic heterocycles. The molecule has 0 bridgehead atoms. The SMILES string of the molecule is Cc1c(C)c2c(C)c(C)c3ccc(C)c4c(C)c(C)c(c1C)c2c34. The highest BCUT2D eigenvalue weighted by atomic mass is 14.3. The standard InChI is InChI=1S/C24H26/c1-11-9-10-19-13(3)16(6)21-14(4)12(2)15(5)22-18(8)17(7)20(11)23(19)24(21)22/h9-10H,1-8H3. The smallest absolute Gasteiger partial charge is 0.00154 e. The summed E-state index contributed by atoms with van der Waals surface area (Å²) in [4.78, 5) is 0. The monoisotopic (exact) mass is 314 g/mol. The molecule has 0 aliphatic carbocycles. The minimum atomic E-state index is 1.39. The predicted octanol–water partition coefficient (Wildman–Crippen LogP) is 7.05. The largest absolute Gasteiger partial charge is 0.0581 e. The van der Waals surface area contributed by atoms with E-state index in [1.54, 1.807) is 0 Å². The lowest BCUT2D eigenvalue weighted by Crippen LogP contribution is -2.02. The average Bonchev–Trinajstić information content (AvgIpc) is 2.55. The lowest BCUT2D eigenvalue weighted by molar-refractivity contribution is 1.28. The van der Waals surface area contributed by atoms with Crippen LogP contribution in [0.3, 0.4) is 0 Å². The Hall–Kier alpha value is -2.08. The minimum Gasteiger partial charge on any atom is -0.0581 e. The molecule has 0 aliphatic heterocycles. The van der Waals surface area contributed by atoms with Gasteiger partial charge in [0.25, 0.3) is 0 Å². The second-order valence-electron chi connectivity index (χ2n) is 7.68. The molecule has 0 heterocycles. The van der Waals surface area contributed by atoms with Gasteiger partial charge in [0.15, 0.2) is 0 Å². The Balaban J connectivity index is 2.59. The van der Waals surface area contributed by atoms with Gasteiger partial charge in [0.05, 0.1) is 0 Å². The van der Waals surface area contributed by atoms with E-state index in [9.17, 15) is 0 Å². The van der Waals surface area contributed by atoms with Crippen molar-refractivity contribution in [3.8, 4) is 0 Å². The van der Waals surface area contributed by atoms with Crippen LogP contribution in [0.2, 0.25) is 0 Å². The first-order valence-corrected chi connectivity index (χ1v) is 8.91. The van der Waals surface area contributed by atoms with Crippen LogP contribution in [0, 0.1) is 55.4 Å². The summed E-state index contributed by atoms with van der Waals surface area (Å²) in [5.74, 6) is 0. The number of hydrogen-bond donors (Lipinski definition) is 0. The Morgan fingerprint density at radius 2 is 0.833 bits per heavy atom. The Morgan fingerprint density at radius 1 is 0.375 bits per heavy atom. The molecular weight excluding hydrogens is 288 g/mol. The van der Waals surface area contributed by atoms with E-state index in [0.717, 1.165) is 0 Å². The Labute approximate surface area is 144 Å². The van der Waals surface area contributed by atoms with Crippen molar-refractivity contribution in [2.45, 2.75) is 55.4 Å². The zero-order valence-electron chi connectivity index (χ0n) is 16.2. The van der Waals surface area contributed by atoms with Gasteiger partial charge in [-0.05, 0) is 132 Å². The molecule has 0 heteroatoms. The summed E-state index contributed by atoms with van der Waals surface area (Å²) in [6, 6.07) is 4.63. The van der Waals surface area contributed by atoms with Crippen LogP contribution in [-0.2, 0) is 0 Å². The van der Waals surface area contributed by atoms with E-state index in [0.29, 0.717) is 0 Å². The summed E-state index contributed by atoms with van der Waals surface area (Å²) in [5, 5.41) is 8.84. The summed E-state index contributed by atoms with van der Waals surface area (Å²) in [7, 11) is 0. The van der Waals surface area contributed by atoms with E-state index in [2.05, 4.69) is 67.5 Å². The molecule has 4 aromatic carbocycles. The molecule has 24 heavy (non-hydrogen) atoms. The van der Waals surface area contributed by atoms with Gasteiger partial charge < -0.3 is 0 Å². The van der Waals surface area contributed by atoms with Gasteiger partial charge in [-0.15, -0.1) is 0 Å². The number of rotatable bonds is 0.